The molecule has 1 amide bonds. The summed E-state index contributed by atoms with van der Waals surface area (Å²) in [5.41, 5.74) is 1.54. The number of benzene rings is 1. The van der Waals surface area contributed by atoms with Gasteiger partial charge in [0.15, 0.2) is 5.58 Å². The van der Waals surface area contributed by atoms with Crippen molar-refractivity contribution in [2.75, 3.05) is 11.2 Å². The molecule has 0 atom stereocenters. The molecule has 0 aliphatic carbocycles. The Morgan fingerprint density at radius 1 is 1.53 bits per heavy atom. The van der Waals surface area contributed by atoms with E-state index in [-0.39, 0.29) is 11.8 Å². The zero-order chi connectivity index (χ0) is 10.8. The smallest absolute Gasteiger partial charge is 0.408 e. The highest BCUT2D eigenvalue weighted by Crippen LogP contribution is 2.15. The predicted molar refractivity (Wildman–Crippen MR) is 56.2 cm³/mol. The van der Waals surface area contributed by atoms with E-state index in [0.29, 0.717) is 16.8 Å². The fourth-order valence-electron chi connectivity index (χ4n) is 1.22. The van der Waals surface area contributed by atoms with Crippen LogP contribution in [0.2, 0.25) is 0 Å². The van der Waals surface area contributed by atoms with Crippen LogP contribution in [0.5, 0.6) is 0 Å². The van der Waals surface area contributed by atoms with Crippen molar-refractivity contribution in [1.82, 2.24) is 4.98 Å². The quantitative estimate of drug-likeness (QED) is 0.758. The van der Waals surface area contributed by atoms with Gasteiger partial charge in [0.2, 0.25) is 5.91 Å². The van der Waals surface area contributed by atoms with E-state index in [2.05, 4.69) is 10.3 Å². The lowest BCUT2D eigenvalue weighted by atomic mass is 10.3. The summed E-state index contributed by atoms with van der Waals surface area (Å²) >= 11 is 5.34. The molecule has 1 aromatic heterocycles. The van der Waals surface area contributed by atoms with Crippen LogP contribution in [0.1, 0.15) is 0 Å². The SMILES string of the molecule is O=C(CCl)Nc1ccc2oc(=O)[nH]c2c1. The Morgan fingerprint density at radius 3 is 3.07 bits per heavy atom. The first kappa shape index (κ1) is 9.79. The monoisotopic (exact) mass is 226 g/mol. The van der Waals surface area contributed by atoms with Gasteiger partial charge in [-0.05, 0) is 18.2 Å². The van der Waals surface area contributed by atoms with Crippen LogP contribution in [0, 0.1) is 0 Å². The Balaban J connectivity index is 2.38. The molecule has 5 nitrogen and oxygen atoms in total. The maximum Gasteiger partial charge on any atom is 0.417 e. The van der Waals surface area contributed by atoms with E-state index in [0.717, 1.165) is 0 Å². The number of nitrogens with one attached hydrogen (secondary N) is 2. The summed E-state index contributed by atoms with van der Waals surface area (Å²) in [5.74, 6) is -0.937. The molecular weight excluding hydrogens is 220 g/mol. The Hall–Kier alpha value is -1.75. The van der Waals surface area contributed by atoms with Gasteiger partial charge in [-0.1, -0.05) is 0 Å². The molecule has 0 aliphatic heterocycles. The molecule has 0 unspecified atom stereocenters. The van der Waals surface area contributed by atoms with E-state index < -0.39 is 5.76 Å². The Kier molecular flexibility index (Phi) is 2.47. The van der Waals surface area contributed by atoms with Crippen LogP contribution < -0.4 is 11.1 Å². The van der Waals surface area contributed by atoms with E-state index >= 15 is 0 Å². The molecule has 0 fully saturated rings. The number of carbonyl (C=O) groups is 1. The number of carbonyl (C=O) groups excluding carboxylic acids is 1. The molecule has 0 spiro atoms. The summed E-state index contributed by atoms with van der Waals surface area (Å²) in [6, 6.07) is 4.82. The molecule has 0 bridgehead atoms. The van der Waals surface area contributed by atoms with Crippen LogP contribution in [-0.4, -0.2) is 16.8 Å². The van der Waals surface area contributed by atoms with E-state index in [1.165, 1.54) is 0 Å². The molecule has 0 radical (unpaired) electrons. The normalized spacial score (nSPS) is 10.5. The largest absolute Gasteiger partial charge is 0.417 e. The number of rotatable bonds is 2. The van der Waals surface area contributed by atoms with Crippen LogP contribution in [0.4, 0.5) is 5.69 Å². The lowest BCUT2D eigenvalue weighted by Crippen LogP contribution is -2.12. The number of oxazole rings is 1. The molecule has 0 saturated heterocycles. The van der Waals surface area contributed by atoms with Crippen molar-refractivity contribution in [3.63, 3.8) is 0 Å². The molecule has 2 aromatic rings. The average molecular weight is 227 g/mol. The highest BCUT2D eigenvalue weighted by Gasteiger charge is 2.04. The van der Waals surface area contributed by atoms with E-state index in [4.69, 9.17) is 16.0 Å². The maximum absolute atomic E-state index is 11.0. The average Bonchev–Trinajstić information content (AvgIpc) is 2.57. The van der Waals surface area contributed by atoms with Crippen LogP contribution in [0.3, 0.4) is 0 Å². The third-order valence-corrected chi connectivity index (χ3v) is 2.07. The third kappa shape index (κ3) is 2.02. The molecule has 1 aromatic carbocycles. The van der Waals surface area contributed by atoms with Crippen molar-refractivity contribution in [3.05, 3.63) is 28.7 Å². The first-order valence-corrected chi connectivity index (χ1v) is 4.71. The van der Waals surface area contributed by atoms with Crippen molar-refractivity contribution < 1.29 is 9.21 Å². The molecule has 0 saturated carbocycles. The van der Waals surface area contributed by atoms with Crippen LogP contribution in [0.25, 0.3) is 11.1 Å². The number of hydrogen-bond acceptors (Lipinski definition) is 3. The second kappa shape index (κ2) is 3.78. The molecule has 6 heteroatoms. The number of aromatic amines is 1. The van der Waals surface area contributed by atoms with E-state index in [1.54, 1.807) is 18.2 Å². The Labute approximate surface area is 89.0 Å². The number of alkyl halides is 1. The van der Waals surface area contributed by atoms with Gasteiger partial charge in [0.25, 0.3) is 0 Å². The first-order chi connectivity index (χ1) is 7.19. The highest BCUT2D eigenvalue weighted by molar-refractivity contribution is 6.29. The second-order valence-electron chi connectivity index (χ2n) is 2.91. The summed E-state index contributed by atoms with van der Waals surface area (Å²) in [6.45, 7) is 0. The summed E-state index contributed by atoms with van der Waals surface area (Å²) in [4.78, 5) is 24.3. The van der Waals surface area contributed by atoms with Gasteiger partial charge >= 0.3 is 5.76 Å². The minimum absolute atomic E-state index is 0.111. The van der Waals surface area contributed by atoms with Gasteiger partial charge in [0, 0.05) is 5.69 Å². The molecule has 15 heavy (non-hydrogen) atoms. The highest BCUT2D eigenvalue weighted by atomic mass is 35.5. The second-order valence-corrected chi connectivity index (χ2v) is 3.17. The molecular formula is C9H7ClN2O3. The zero-order valence-corrected chi connectivity index (χ0v) is 8.30. The lowest BCUT2D eigenvalue weighted by molar-refractivity contribution is -0.113. The summed E-state index contributed by atoms with van der Waals surface area (Å²) in [7, 11) is 0. The fraction of sp³-hybridized carbons (Fsp3) is 0.111. The molecule has 78 valence electrons. The fourth-order valence-corrected chi connectivity index (χ4v) is 1.29. The van der Waals surface area contributed by atoms with Gasteiger partial charge in [-0.25, -0.2) is 4.79 Å². The van der Waals surface area contributed by atoms with Crippen molar-refractivity contribution in [1.29, 1.82) is 0 Å². The number of hydrogen-bond donors (Lipinski definition) is 2. The molecule has 1 heterocycles. The molecule has 2 N–H and O–H groups in total. The van der Waals surface area contributed by atoms with Gasteiger partial charge in [0.05, 0.1) is 5.52 Å². The predicted octanol–water partition coefficient (Wildman–Crippen LogP) is 1.30. The molecule has 0 aliphatic rings. The van der Waals surface area contributed by atoms with Crippen LogP contribution in [-0.2, 0) is 4.79 Å². The Morgan fingerprint density at radius 2 is 2.33 bits per heavy atom. The first-order valence-electron chi connectivity index (χ1n) is 4.18. The summed E-state index contributed by atoms with van der Waals surface area (Å²) in [5, 5.41) is 2.56. The minimum atomic E-state index is -0.522. The van der Waals surface area contributed by atoms with E-state index in [9.17, 15) is 9.59 Å². The number of H-pyrrole nitrogens is 1. The van der Waals surface area contributed by atoms with Gasteiger partial charge in [-0.2, -0.15) is 0 Å². The number of fused-ring (bicyclic) bond motifs is 1. The zero-order valence-electron chi connectivity index (χ0n) is 7.54. The Bertz CT molecular complexity index is 558. The third-order valence-electron chi connectivity index (χ3n) is 1.82. The van der Waals surface area contributed by atoms with Crippen molar-refractivity contribution >= 4 is 34.3 Å². The van der Waals surface area contributed by atoms with Crippen LogP contribution in [0.15, 0.2) is 27.4 Å². The van der Waals surface area contributed by atoms with Crippen LogP contribution >= 0.6 is 11.6 Å². The number of anilines is 1. The topological polar surface area (TPSA) is 75.1 Å². The standard InChI is InChI=1S/C9H7ClN2O3/c10-4-8(13)11-5-1-2-7-6(3-5)12-9(14)15-7/h1-3H,4H2,(H,11,13)(H,12,14). The van der Waals surface area contributed by atoms with Gasteiger partial charge < -0.3 is 9.73 Å². The van der Waals surface area contributed by atoms with Gasteiger partial charge in [-0.15, -0.1) is 11.6 Å². The summed E-state index contributed by atoms with van der Waals surface area (Å²) in [6.07, 6.45) is 0. The maximum atomic E-state index is 11.0. The minimum Gasteiger partial charge on any atom is -0.408 e. The van der Waals surface area contributed by atoms with Gasteiger partial charge in [-0.3, -0.25) is 9.78 Å². The number of aromatic nitrogens is 1. The number of halogens is 1. The van der Waals surface area contributed by atoms with Gasteiger partial charge in [0.1, 0.15) is 5.88 Å². The van der Waals surface area contributed by atoms with Crippen molar-refractivity contribution in [3.8, 4) is 0 Å². The summed E-state index contributed by atoms with van der Waals surface area (Å²) < 4.78 is 4.80. The van der Waals surface area contributed by atoms with Crippen molar-refractivity contribution in [2.45, 2.75) is 0 Å². The lowest BCUT2D eigenvalue weighted by Gasteiger charge is -2.01. The molecule has 2 rings (SSSR count). The van der Waals surface area contributed by atoms with E-state index in [1.807, 2.05) is 0 Å². The number of amides is 1. The van der Waals surface area contributed by atoms with Crippen molar-refractivity contribution in [2.24, 2.45) is 0 Å².